The summed E-state index contributed by atoms with van der Waals surface area (Å²) >= 11 is 1.63. The number of nitrogens with zero attached hydrogens (tertiary/aromatic N) is 2. The van der Waals surface area contributed by atoms with Crippen molar-refractivity contribution in [1.29, 1.82) is 0 Å². The predicted octanol–water partition coefficient (Wildman–Crippen LogP) is 4.84. The second-order valence-electron chi connectivity index (χ2n) is 9.37. The molecule has 1 aromatic carbocycles. The van der Waals surface area contributed by atoms with E-state index in [-0.39, 0.29) is 25.2 Å². The van der Waals surface area contributed by atoms with Crippen molar-refractivity contribution in [1.82, 2.24) is 9.80 Å². The van der Waals surface area contributed by atoms with E-state index in [9.17, 15) is 9.59 Å². The summed E-state index contributed by atoms with van der Waals surface area (Å²) in [6, 6.07) is 9.81. The summed E-state index contributed by atoms with van der Waals surface area (Å²) < 4.78 is 16.1. The van der Waals surface area contributed by atoms with Crippen molar-refractivity contribution in [2.75, 3.05) is 33.6 Å². The molecule has 35 heavy (non-hydrogen) atoms. The lowest BCUT2D eigenvalue weighted by molar-refractivity contribution is -0.141. The number of rotatable bonds is 13. The molecule has 8 heteroatoms. The Labute approximate surface area is 212 Å². The zero-order valence-electron chi connectivity index (χ0n) is 20.6. The van der Waals surface area contributed by atoms with E-state index in [0.717, 1.165) is 22.6 Å². The zero-order valence-corrected chi connectivity index (χ0v) is 21.4. The summed E-state index contributed by atoms with van der Waals surface area (Å²) in [5, 5.41) is 2.02. The molecule has 2 aliphatic rings. The van der Waals surface area contributed by atoms with Gasteiger partial charge >= 0.3 is 0 Å². The number of carbonyl (C=O) groups excluding carboxylic acids is 2. The maximum atomic E-state index is 13.6. The summed E-state index contributed by atoms with van der Waals surface area (Å²) in [7, 11) is 1.66. The van der Waals surface area contributed by atoms with Gasteiger partial charge in [0.2, 0.25) is 18.6 Å². The van der Waals surface area contributed by atoms with Gasteiger partial charge in [-0.1, -0.05) is 37.8 Å². The lowest BCUT2D eigenvalue weighted by Gasteiger charge is -2.28. The molecule has 1 aliphatic carbocycles. The third kappa shape index (κ3) is 7.45. The van der Waals surface area contributed by atoms with Gasteiger partial charge in [-0.25, -0.2) is 0 Å². The highest BCUT2D eigenvalue weighted by Crippen LogP contribution is 2.33. The number of benzene rings is 1. The number of carbonyl (C=O) groups is 2. The average molecular weight is 501 g/mol. The summed E-state index contributed by atoms with van der Waals surface area (Å²) in [5.41, 5.74) is 0.970. The van der Waals surface area contributed by atoms with Crippen molar-refractivity contribution in [3.05, 3.63) is 46.2 Å². The molecule has 2 heterocycles. The van der Waals surface area contributed by atoms with E-state index >= 15 is 0 Å². The standard InChI is InChI=1S/C27H36N2O5S/c1-32-14-5-13-28(26(30)12-10-21-6-2-3-7-21)19-27(31)29(18-23-8-4-15-35-23)17-22-9-11-24-25(16-22)34-20-33-24/h4,8-9,11,15-16,21H,2-3,5-7,10,12-14,17-20H2,1H3. The largest absolute Gasteiger partial charge is 0.454 e. The molecule has 2 amide bonds. The van der Waals surface area contributed by atoms with Crippen LogP contribution in [0.4, 0.5) is 0 Å². The van der Waals surface area contributed by atoms with E-state index in [1.54, 1.807) is 23.3 Å². The molecule has 1 fully saturated rings. The molecule has 7 nitrogen and oxygen atoms in total. The Morgan fingerprint density at radius 2 is 1.89 bits per heavy atom. The first-order chi connectivity index (χ1) is 17.1. The molecule has 2 aromatic rings. The maximum Gasteiger partial charge on any atom is 0.242 e. The molecule has 1 aromatic heterocycles. The van der Waals surface area contributed by atoms with Crippen LogP contribution in [0.15, 0.2) is 35.7 Å². The third-order valence-electron chi connectivity index (χ3n) is 6.79. The van der Waals surface area contributed by atoms with Gasteiger partial charge in [0.05, 0.1) is 13.1 Å². The van der Waals surface area contributed by atoms with Gasteiger partial charge < -0.3 is 24.0 Å². The molecule has 0 atom stereocenters. The molecule has 0 radical (unpaired) electrons. The predicted molar refractivity (Wildman–Crippen MR) is 135 cm³/mol. The molecule has 190 valence electrons. The van der Waals surface area contributed by atoms with E-state index in [2.05, 4.69) is 0 Å². The topological polar surface area (TPSA) is 68.3 Å². The fourth-order valence-corrected chi connectivity index (χ4v) is 5.54. The van der Waals surface area contributed by atoms with Crippen LogP contribution < -0.4 is 9.47 Å². The van der Waals surface area contributed by atoms with Gasteiger partial charge in [0.15, 0.2) is 11.5 Å². The molecule has 1 saturated carbocycles. The van der Waals surface area contributed by atoms with E-state index in [1.807, 2.05) is 40.6 Å². The van der Waals surface area contributed by atoms with Crippen LogP contribution in [0.2, 0.25) is 0 Å². The molecule has 0 unspecified atom stereocenters. The monoisotopic (exact) mass is 500 g/mol. The van der Waals surface area contributed by atoms with Gasteiger partial charge in [0.1, 0.15) is 0 Å². The molecule has 4 rings (SSSR count). The van der Waals surface area contributed by atoms with E-state index in [0.29, 0.717) is 50.8 Å². The number of amides is 2. The summed E-state index contributed by atoms with van der Waals surface area (Å²) in [6.45, 7) is 2.35. The van der Waals surface area contributed by atoms with Gasteiger partial charge in [0, 0.05) is 38.1 Å². The number of thiophene rings is 1. The van der Waals surface area contributed by atoms with E-state index in [4.69, 9.17) is 14.2 Å². The van der Waals surface area contributed by atoms with Crippen LogP contribution in [0.1, 0.15) is 55.4 Å². The summed E-state index contributed by atoms with van der Waals surface area (Å²) in [4.78, 5) is 31.4. The zero-order chi connectivity index (χ0) is 24.5. The van der Waals surface area contributed by atoms with Crippen LogP contribution >= 0.6 is 11.3 Å². The van der Waals surface area contributed by atoms with Crippen molar-refractivity contribution in [2.24, 2.45) is 5.92 Å². The van der Waals surface area contributed by atoms with Crippen LogP contribution in [0.3, 0.4) is 0 Å². The minimum atomic E-state index is -0.0531. The van der Waals surface area contributed by atoms with Gasteiger partial charge in [-0.3, -0.25) is 9.59 Å². The Hall–Kier alpha value is -2.58. The quantitative estimate of drug-likeness (QED) is 0.368. The van der Waals surface area contributed by atoms with Crippen LogP contribution in [0.25, 0.3) is 0 Å². The first-order valence-electron chi connectivity index (χ1n) is 12.6. The second kappa shape index (κ2) is 12.9. The van der Waals surface area contributed by atoms with Gasteiger partial charge in [-0.2, -0.15) is 0 Å². The van der Waals surface area contributed by atoms with Crippen LogP contribution in [0, 0.1) is 5.92 Å². The van der Waals surface area contributed by atoms with Gasteiger partial charge in [0.25, 0.3) is 0 Å². The second-order valence-corrected chi connectivity index (χ2v) is 10.4. The smallest absolute Gasteiger partial charge is 0.242 e. The normalized spacial score (nSPS) is 14.9. The van der Waals surface area contributed by atoms with Crippen molar-refractivity contribution >= 4 is 23.2 Å². The van der Waals surface area contributed by atoms with E-state index < -0.39 is 0 Å². The minimum Gasteiger partial charge on any atom is -0.454 e. The molecule has 0 bridgehead atoms. The van der Waals surface area contributed by atoms with Gasteiger partial charge in [-0.05, 0) is 47.9 Å². The highest BCUT2D eigenvalue weighted by molar-refractivity contribution is 7.09. The fourth-order valence-electron chi connectivity index (χ4n) is 4.82. The van der Waals surface area contributed by atoms with Crippen molar-refractivity contribution in [3.63, 3.8) is 0 Å². The Morgan fingerprint density at radius 3 is 2.66 bits per heavy atom. The molecular formula is C27H36N2O5S. The van der Waals surface area contributed by atoms with Crippen LogP contribution in [0.5, 0.6) is 11.5 Å². The number of hydrogen-bond acceptors (Lipinski definition) is 6. The Kier molecular flexibility index (Phi) is 9.42. The van der Waals surface area contributed by atoms with Crippen molar-refractivity contribution in [3.8, 4) is 11.5 Å². The van der Waals surface area contributed by atoms with Crippen molar-refractivity contribution in [2.45, 2.75) is 58.0 Å². The number of hydrogen-bond donors (Lipinski definition) is 0. The molecule has 0 spiro atoms. The number of methoxy groups -OCH3 is 1. The summed E-state index contributed by atoms with van der Waals surface area (Å²) in [6.07, 6.45) is 7.13. The van der Waals surface area contributed by atoms with Crippen LogP contribution in [-0.4, -0.2) is 55.2 Å². The van der Waals surface area contributed by atoms with Crippen molar-refractivity contribution < 1.29 is 23.8 Å². The first kappa shape index (κ1) is 25.5. The SMILES string of the molecule is COCCCN(CC(=O)N(Cc1ccc2c(c1)OCO2)Cc1cccs1)C(=O)CCC1CCCC1. The van der Waals surface area contributed by atoms with E-state index in [1.165, 1.54) is 25.7 Å². The molecule has 0 saturated heterocycles. The Morgan fingerprint density at radius 1 is 1.06 bits per heavy atom. The number of fused-ring (bicyclic) bond motifs is 1. The average Bonchev–Trinajstić information content (AvgIpc) is 3.64. The molecule has 0 N–H and O–H groups in total. The molecular weight excluding hydrogens is 464 g/mol. The lowest BCUT2D eigenvalue weighted by atomic mass is 10.0. The lowest BCUT2D eigenvalue weighted by Crippen LogP contribution is -2.43. The highest BCUT2D eigenvalue weighted by Gasteiger charge is 2.24. The van der Waals surface area contributed by atoms with Crippen LogP contribution in [-0.2, 0) is 27.4 Å². The minimum absolute atomic E-state index is 0.0531. The molecule has 1 aliphatic heterocycles. The highest BCUT2D eigenvalue weighted by atomic mass is 32.1. The Balaban J connectivity index is 1.43. The maximum absolute atomic E-state index is 13.6. The summed E-state index contributed by atoms with van der Waals surface area (Å²) in [5.74, 6) is 2.09. The third-order valence-corrected chi connectivity index (χ3v) is 7.65. The number of ether oxygens (including phenoxy) is 3. The fraction of sp³-hybridized carbons (Fsp3) is 0.556. The van der Waals surface area contributed by atoms with Gasteiger partial charge in [-0.15, -0.1) is 11.3 Å². The Bertz CT molecular complexity index is 958. The first-order valence-corrected chi connectivity index (χ1v) is 13.5.